The van der Waals surface area contributed by atoms with E-state index in [2.05, 4.69) is 0 Å². The molecule has 2 N–H and O–H groups in total. The molecule has 3 unspecified atom stereocenters. The number of likely N-dealkylation sites (tertiary alicyclic amines) is 1. The van der Waals surface area contributed by atoms with E-state index in [0.717, 1.165) is 12.8 Å². The van der Waals surface area contributed by atoms with Crippen LogP contribution < -0.4 is 5.73 Å². The lowest BCUT2D eigenvalue weighted by atomic mass is 9.88. The summed E-state index contributed by atoms with van der Waals surface area (Å²) < 4.78 is 0. The maximum absolute atomic E-state index is 12.3. The Balaban J connectivity index is 2.40. The average Bonchev–Trinajstić information content (AvgIpc) is 2.73. The molecule has 4 nitrogen and oxygen atoms in total. The van der Waals surface area contributed by atoms with Crippen LogP contribution in [0.25, 0.3) is 0 Å². The number of thiocarbonyl (C=S) groups is 1. The van der Waals surface area contributed by atoms with Gasteiger partial charge in [0.25, 0.3) is 0 Å². The number of carbonyl (C=O) groups is 2. The summed E-state index contributed by atoms with van der Waals surface area (Å²) in [4.78, 5) is 26.2. The Morgan fingerprint density at radius 2 is 1.88 bits per heavy atom. The van der Waals surface area contributed by atoms with Crippen LogP contribution >= 0.6 is 12.2 Å². The van der Waals surface area contributed by atoms with Crippen LogP contribution in [0.15, 0.2) is 0 Å². The van der Waals surface area contributed by atoms with E-state index in [9.17, 15) is 9.59 Å². The maximum atomic E-state index is 12.3. The Morgan fingerprint density at radius 1 is 1.41 bits per heavy atom. The Morgan fingerprint density at radius 3 is 2.24 bits per heavy atom. The number of imide groups is 1. The number of nitrogens with two attached hydrogens (primary N) is 1. The van der Waals surface area contributed by atoms with Gasteiger partial charge in [-0.15, -0.1) is 0 Å². The van der Waals surface area contributed by atoms with Crippen LogP contribution in [0, 0.1) is 11.8 Å². The Labute approximate surface area is 107 Å². The third kappa shape index (κ3) is 1.68. The van der Waals surface area contributed by atoms with Crippen molar-refractivity contribution >= 4 is 29.0 Å². The zero-order valence-electron chi connectivity index (χ0n) is 10.2. The number of amides is 2. The van der Waals surface area contributed by atoms with Crippen molar-refractivity contribution in [2.75, 3.05) is 0 Å². The van der Waals surface area contributed by atoms with Gasteiger partial charge in [0.05, 0.1) is 10.5 Å². The molecule has 0 aromatic rings. The van der Waals surface area contributed by atoms with E-state index < -0.39 is 5.54 Å². The third-order valence-electron chi connectivity index (χ3n) is 4.28. The highest BCUT2D eigenvalue weighted by Gasteiger charge is 2.51. The van der Waals surface area contributed by atoms with Crippen molar-refractivity contribution in [1.29, 1.82) is 0 Å². The summed E-state index contributed by atoms with van der Waals surface area (Å²) in [6.45, 7) is 3.69. The van der Waals surface area contributed by atoms with Gasteiger partial charge in [-0.05, 0) is 32.6 Å². The number of hydrogen-bond donors (Lipinski definition) is 1. The molecular formula is C12H18N2O2S. The fourth-order valence-corrected chi connectivity index (χ4v) is 3.07. The predicted molar refractivity (Wildman–Crippen MR) is 68.2 cm³/mol. The molecule has 0 radical (unpaired) electrons. The summed E-state index contributed by atoms with van der Waals surface area (Å²) in [5, 5.41) is 0. The molecule has 0 aromatic heterocycles. The van der Waals surface area contributed by atoms with Gasteiger partial charge in [0.1, 0.15) is 0 Å². The van der Waals surface area contributed by atoms with Gasteiger partial charge in [-0.3, -0.25) is 14.5 Å². The van der Waals surface area contributed by atoms with Gasteiger partial charge in [-0.2, -0.15) is 0 Å². The maximum Gasteiger partial charge on any atom is 0.233 e. The van der Waals surface area contributed by atoms with Crippen molar-refractivity contribution in [1.82, 2.24) is 4.90 Å². The molecule has 1 aliphatic carbocycles. The standard InChI is InChI=1S/C12H18N2O2S/c1-3-12(2,11(13)17)14-9(15)7-4-5-8(6-7)10(14)16/h7-8H,3-6H2,1-2H3,(H2,13,17). The molecule has 1 saturated carbocycles. The lowest BCUT2D eigenvalue weighted by Gasteiger charge is -2.42. The van der Waals surface area contributed by atoms with Gasteiger partial charge in [0.15, 0.2) is 0 Å². The van der Waals surface area contributed by atoms with Crippen LogP contribution in [0.4, 0.5) is 0 Å². The Kier molecular flexibility index (Phi) is 2.97. The van der Waals surface area contributed by atoms with Crippen molar-refractivity contribution in [3.8, 4) is 0 Å². The smallest absolute Gasteiger partial charge is 0.233 e. The molecule has 2 bridgehead atoms. The fraction of sp³-hybridized carbons (Fsp3) is 0.750. The third-order valence-corrected chi connectivity index (χ3v) is 4.72. The largest absolute Gasteiger partial charge is 0.391 e. The lowest BCUT2D eigenvalue weighted by molar-refractivity contribution is -0.157. The van der Waals surface area contributed by atoms with E-state index in [1.165, 1.54) is 4.90 Å². The lowest BCUT2D eigenvalue weighted by Crippen LogP contribution is -2.62. The monoisotopic (exact) mass is 254 g/mol. The molecule has 94 valence electrons. The Bertz CT molecular complexity index is 374. The molecule has 2 amide bonds. The predicted octanol–water partition coefficient (Wildman–Crippen LogP) is 1.23. The number of nitrogens with zero attached hydrogens (tertiary/aromatic N) is 1. The molecule has 17 heavy (non-hydrogen) atoms. The van der Waals surface area contributed by atoms with Crippen LogP contribution in [-0.2, 0) is 9.59 Å². The molecule has 0 aromatic carbocycles. The van der Waals surface area contributed by atoms with Gasteiger partial charge in [-0.25, -0.2) is 0 Å². The molecule has 1 aliphatic heterocycles. The van der Waals surface area contributed by atoms with E-state index in [1.807, 2.05) is 6.92 Å². The van der Waals surface area contributed by atoms with Gasteiger partial charge >= 0.3 is 0 Å². The first-order valence-corrected chi connectivity index (χ1v) is 6.50. The second-order valence-electron chi connectivity index (χ2n) is 5.21. The number of hydrogen-bond acceptors (Lipinski definition) is 3. The van der Waals surface area contributed by atoms with Crippen molar-refractivity contribution < 1.29 is 9.59 Å². The van der Waals surface area contributed by atoms with Crippen molar-refractivity contribution in [3.63, 3.8) is 0 Å². The van der Waals surface area contributed by atoms with Crippen LogP contribution in [0.5, 0.6) is 0 Å². The number of fused-ring (bicyclic) bond motifs is 2. The zero-order valence-corrected chi connectivity index (χ0v) is 11.0. The first-order valence-electron chi connectivity index (χ1n) is 6.09. The molecule has 2 rings (SSSR count). The average molecular weight is 254 g/mol. The van der Waals surface area contributed by atoms with Gasteiger partial charge in [0.2, 0.25) is 11.8 Å². The molecule has 2 aliphatic rings. The SMILES string of the molecule is CCC(C)(C(N)=S)N1C(=O)C2CCC(C2)C1=O. The highest BCUT2D eigenvalue weighted by atomic mass is 32.1. The first-order chi connectivity index (χ1) is 7.91. The summed E-state index contributed by atoms with van der Waals surface area (Å²) in [5.41, 5.74) is 4.93. The molecule has 2 fully saturated rings. The van der Waals surface area contributed by atoms with Crippen LogP contribution in [0.3, 0.4) is 0 Å². The van der Waals surface area contributed by atoms with E-state index in [-0.39, 0.29) is 28.6 Å². The summed E-state index contributed by atoms with van der Waals surface area (Å²) in [7, 11) is 0. The van der Waals surface area contributed by atoms with E-state index >= 15 is 0 Å². The molecular weight excluding hydrogens is 236 g/mol. The first kappa shape index (κ1) is 12.5. The number of carbonyl (C=O) groups excluding carboxylic acids is 2. The summed E-state index contributed by atoms with van der Waals surface area (Å²) in [6.07, 6.45) is 2.93. The summed E-state index contributed by atoms with van der Waals surface area (Å²) >= 11 is 5.05. The van der Waals surface area contributed by atoms with Crippen molar-refractivity contribution in [2.24, 2.45) is 17.6 Å². The number of piperidine rings is 1. The quantitative estimate of drug-likeness (QED) is 0.607. The zero-order chi connectivity index (χ0) is 12.8. The minimum Gasteiger partial charge on any atom is -0.391 e. The van der Waals surface area contributed by atoms with Crippen LogP contribution in [0.2, 0.25) is 0 Å². The summed E-state index contributed by atoms with van der Waals surface area (Å²) in [5.74, 6) is -0.169. The molecule has 0 spiro atoms. The van der Waals surface area contributed by atoms with Crippen LogP contribution in [-0.4, -0.2) is 27.2 Å². The minimum atomic E-state index is -0.801. The normalized spacial score (nSPS) is 31.5. The molecule has 3 atom stereocenters. The van der Waals surface area contributed by atoms with Crippen molar-refractivity contribution in [2.45, 2.75) is 45.1 Å². The van der Waals surface area contributed by atoms with E-state index in [1.54, 1.807) is 6.92 Å². The van der Waals surface area contributed by atoms with E-state index in [0.29, 0.717) is 12.8 Å². The van der Waals surface area contributed by atoms with Gasteiger partial charge in [0, 0.05) is 11.8 Å². The highest BCUT2D eigenvalue weighted by molar-refractivity contribution is 7.80. The van der Waals surface area contributed by atoms with Crippen LogP contribution in [0.1, 0.15) is 39.5 Å². The molecule has 1 heterocycles. The van der Waals surface area contributed by atoms with Gasteiger partial charge in [-0.1, -0.05) is 19.1 Å². The fourth-order valence-electron chi connectivity index (χ4n) is 2.83. The highest BCUT2D eigenvalue weighted by Crippen LogP contribution is 2.41. The second-order valence-corrected chi connectivity index (χ2v) is 5.65. The van der Waals surface area contributed by atoms with Crippen molar-refractivity contribution in [3.05, 3.63) is 0 Å². The molecule has 5 heteroatoms. The number of rotatable bonds is 3. The topological polar surface area (TPSA) is 63.4 Å². The minimum absolute atomic E-state index is 0.00192. The second kappa shape index (κ2) is 4.05. The molecule has 1 saturated heterocycles. The Hall–Kier alpha value is -0.970. The van der Waals surface area contributed by atoms with Gasteiger partial charge < -0.3 is 5.73 Å². The van der Waals surface area contributed by atoms with E-state index in [4.69, 9.17) is 18.0 Å². The summed E-state index contributed by atoms with van der Waals surface area (Å²) in [6, 6.07) is 0.